The molecule has 4 N–H and O–H groups in total. The van der Waals surface area contributed by atoms with Gasteiger partial charge in [-0.2, -0.15) is 0 Å². The van der Waals surface area contributed by atoms with Crippen LogP contribution in [-0.4, -0.2) is 81.0 Å². The normalized spacial score (nSPS) is 18.9. The molecule has 14 nitrogen and oxygen atoms in total. The molecule has 7 aromatic rings. The Labute approximate surface area is 412 Å². The summed E-state index contributed by atoms with van der Waals surface area (Å²) in [6.07, 6.45) is 10.7. The van der Waals surface area contributed by atoms with Crippen molar-refractivity contribution in [1.29, 1.82) is 0 Å². The first-order valence-corrected chi connectivity index (χ1v) is 24.9. The van der Waals surface area contributed by atoms with Crippen LogP contribution in [0.1, 0.15) is 116 Å². The Kier molecular flexibility index (Phi) is 12.4. The van der Waals surface area contributed by atoms with Gasteiger partial charge in [0, 0.05) is 13.1 Å². The molecule has 4 aliphatic rings. The van der Waals surface area contributed by atoms with Crippen molar-refractivity contribution in [2.24, 2.45) is 0 Å². The zero-order valence-corrected chi connectivity index (χ0v) is 40.1. The van der Waals surface area contributed by atoms with Crippen molar-refractivity contribution in [1.82, 2.24) is 40.4 Å². The van der Waals surface area contributed by atoms with Gasteiger partial charge in [0.15, 0.2) is 0 Å². The zero-order valence-electron chi connectivity index (χ0n) is 40.1. The topological polar surface area (TPSA) is 175 Å². The van der Waals surface area contributed by atoms with E-state index in [9.17, 15) is 19.2 Å². The van der Waals surface area contributed by atoms with Crippen LogP contribution in [0, 0.1) is 0 Å². The van der Waals surface area contributed by atoms with Crippen molar-refractivity contribution in [2.45, 2.75) is 93.8 Å². The number of likely N-dealkylation sites (tertiary alicyclic amines) is 2. The largest absolute Gasteiger partial charge is 0.453 e. The van der Waals surface area contributed by atoms with Gasteiger partial charge in [0.1, 0.15) is 23.7 Å². The van der Waals surface area contributed by atoms with E-state index in [1.54, 1.807) is 0 Å². The van der Waals surface area contributed by atoms with Gasteiger partial charge < -0.3 is 39.9 Å². The highest BCUT2D eigenvalue weighted by atomic mass is 16.5. The molecule has 14 heteroatoms. The molecule has 2 aromatic heterocycles. The second-order valence-corrected chi connectivity index (χ2v) is 19.5. The van der Waals surface area contributed by atoms with Crippen LogP contribution in [-0.2, 0) is 30.9 Å². The Balaban J connectivity index is 0.850. The van der Waals surface area contributed by atoms with Gasteiger partial charge in [-0.1, -0.05) is 116 Å². The molecule has 2 aliphatic carbocycles. The van der Waals surface area contributed by atoms with Gasteiger partial charge in [-0.15, -0.1) is 0 Å². The number of nitrogens with zero attached hydrogens (tertiary/aromatic N) is 4. The lowest BCUT2D eigenvalue weighted by Gasteiger charge is -2.28. The number of hydrogen-bond acceptors (Lipinski definition) is 8. The SMILES string of the molecule is COC(=O)N[C@H](C(=O)N1CCCC1c1nc2ccc(-c3ccc(-c4ccc(-c5cnc([C@@H]6CCCN6C(=O)[C@@H](NC(=O)OC)c6ccccc6)[nH]5)cc4)c4c3CCC43CCCC3)cc2[nH]1)c1ccccc1. The second kappa shape index (κ2) is 19.2. The van der Waals surface area contributed by atoms with Crippen LogP contribution in [0.4, 0.5) is 9.59 Å². The first-order chi connectivity index (χ1) is 34.7. The van der Waals surface area contributed by atoms with E-state index in [0.717, 1.165) is 78.0 Å². The number of benzene rings is 5. The van der Waals surface area contributed by atoms with E-state index >= 15 is 0 Å². The molecule has 5 aromatic carbocycles. The molecule has 1 spiro atoms. The van der Waals surface area contributed by atoms with Crippen LogP contribution in [0.2, 0.25) is 0 Å². The number of carbonyl (C=O) groups excluding carboxylic acids is 4. The highest BCUT2D eigenvalue weighted by Crippen LogP contribution is 2.55. The number of alkyl carbamates (subject to hydrolysis) is 2. The summed E-state index contributed by atoms with van der Waals surface area (Å²) in [7, 11) is 2.59. The standard InChI is InChI=1S/C57H58N8O6/c1-70-55(68)62-49(37-13-5-3-6-14-37)53(66)64-31-11-17-46(64)51-58-34-45(61-51)36-21-19-35(20-22-36)41-25-24-40(42-27-30-57(48(41)42)28-9-10-29-57)39-23-26-43-44(33-39)60-52(59-43)47-18-12-32-65(47)54(67)50(63-56(69)71-2)38-15-7-4-8-16-38/h3-8,13-16,19-26,33-34,46-47,49-50H,9-12,17-18,27-32H2,1-2H3,(H,58,61)(H,59,60)(H,62,68)(H,63,69)/t46-,47?,49-,50-/m0/s1. The van der Waals surface area contributed by atoms with Gasteiger partial charge in [-0.3, -0.25) is 9.59 Å². The van der Waals surface area contributed by atoms with Gasteiger partial charge in [0.05, 0.1) is 49.2 Å². The summed E-state index contributed by atoms with van der Waals surface area (Å²) < 4.78 is 9.78. The first kappa shape index (κ1) is 45.7. The maximum absolute atomic E-state index is 14.2. The van der Waals surface area contributed by atoms with Crippen molar-refractivity contribution in [3.8, 4) is 33.5 Å². The summed E-state index contributed by atoms with van der Waals surface area (Å²) in [5, 5.41) is 5.51. The van der Waals surface area contributed by atoms with Crippen molar-refractivity contribution < 1.29 is 28.7 Å². The fourth-order valence-electron chi connectivity index (χ4n) is 12.1. The molecule has 3 fully saturated rings. The lowest BCUT2D eigenvalue weighted by Crippen LogP contribution is -2.42. The highest BCUT2D eigenvalue weighted by molar-refractivity contribution is 5.89. The minimum atomic E-state index is -0.885. The van der Waals surface area contributed by atoms with Crippen LogP contribution in [0.5, 0.6) is 0 Å². The van der Waals surface area contributed by atoms with Crippen LogP contribution in [0.25, 0.3) is 44.5 Å². The van der Waals surface area contributed by atoms with Gasteiger partial charge in [-0.05, 0) is 119 Å². The van der Waals surface area contributed by atoms with Crippen LogP contribution >= 0.6 is 0 Å². The average molecular weight is 951 g/mol. The third-order valence-corrected chi connectivity index (χ3v) is 15.5. The molecule has 1 unspecified atom stereocenters. The van der Waals surface area contributed by atoms with Crippen molar-refractivity contribution >= 4 is 35.0 Å². The summed E-state index contributed by atoms with van der Waals surface area (Å²) >= 11 is 0. The number of carbonyl (C=O) groups is 4. The summed E-state index contributed by atoms with van der Waals surface area (Å²) in [4.78, 5) is 73.7. The zero-order chi connectivity index (χ0) is 48.6. The molecule has 1 saturated carbocycles. The molecule has 4 atom stereocenters. The van der Waals surface area contributed by atoms with E-state index in [-0.39, 0.29) is 29.3 Å². The van der Waals surface area contributed by atoms with Gasteiger partial charge in [0.2, 0.25) is 0 Å². The number of imidazole rings is 2. The van der Waals surface area contributed by atoms with Crippen LogP contribution in [0.15, 0.2) is 121 Å². The van der Waals surface area contributed by atoms with E-state index in [4.69, 9.17) is 19.4 Å². The van der Waals surface area contributed by atoms with Crippen molar-refractivity contribution in [2.75, 3.05) is 27.3 Å². The lowest BCUT2D eigenvalue weighted by molar-refractivity contribution is -0.135. The lowest BCUT2D eigenvalue weighted by atomic mass is 9.76. The number of nitrogens with one attached hydrogen (secondary N) is 4. The van der Waals surface area contributed by atoms with Crippen molar-refractivity contribution in [3.63, 3.8) is 0 Å². The van der Waals surface area contributed by atoms with Gasteiger partial charge in [0.25, 0.3) is 11.8 Å². The molecular weight excluding hydrogens is 893 g/mol. The predicted octanol–water partition coefficient (Wildman–Crippen LogP) is 10.6. The van der Waals surface area contributed by atoms with E-state index in [1.807, 2.05) is 76.7 Å². The minimum Gasteiger partial charge on any atom is -0.453 e. The summed E-state index contributed by atoms with van der Waals surface area (Å²) in [6.45, 7) is 1.12. The molecule has 362 valence electrons. The molecule has 71 heavy (non-hydrogen) atoms. The third kappa shape index (κ3) is 8.59. The summed E-state index contributed by atoms with van der Waals surface area (Å²) in [5.41, 5.74) is 13.0. The fourth-order valence-corrected chi connectivity index (χ4v) is 12.1. The number of rotatable bonds is 11. The molecule has 0 bridgehead atoms. The number of aromatic amines is 2. The third-order valence-electron chi connectivity index (χ3n) is 15.5. The number of amides is 4. The van der Waals surface area contributed by atoms with Crippen LogP contribution < -0.4 is 10.6 Å². The fraction of sp³-hybridized carbons (Fsp3) is 0.333. The number of methoxy groups -OCH3 is 2. The van der Waals surface area contributed by atoms with E-state index < -0.39 is 24.3 Å². The van der Waals surface area contributed by atoms with Crippen LogP contribution in [0.3, 0.4) is 0 Å². The Hall–Kier alpha value is -7.74. The number of H-pyrrole nitrogens is 2. The number of fused-ring (bicyclic) bond motifs is 3. The van der Waals surface area contributed by atoms with E-state index in [0.29, 0.717) is 24.2 Å². The Morgan fingerprint density at radius 3 is 1.80 bits per heavy atom. The molecule has 11 rings (SSSR count). The maximum Gasteiger partial charge on any atom is 0.407 e. The second-order valence-electron chi connectivity index (χ2n) is 19.5. The molecule has 2 aliphatic heterocycles. The molecule has 0 radical (unpaired) electrons. The number of hydrogen-bond donors (Lipinski definition) is 4. The maximum atomic E-state index is 14.2. The molecular formula is C57H58N8O6. The predicted molar refractivity (Wildman–Crippen MR) is 270 cm³/mol. The van der Waals surface area contributed by atoms with Gasteiger partial charge >= 0.3 is 12.2 Å². The number of ether oxygens (including phenoxy) is 2. The Morgan fingerprint density at radius 1 is 0.634 bits per heavy atom. The Morgan fingerprint density at radius 2 is 1.20 bits per heavy atom. The van der Waals surface area contributed by atoms with E-state index in [2.05, 4.69) is 75.2 Å². The molecule has 4 heterocycles. The monoisotopic (exact) mass is 950 g/mol. The van der Waals surface area contributed by atoms with E-state index in [1.165, 1.54) is 67.7 Å². The smallest absolute Gasteiger partial charge is 0.407 e. The first-order valence-electron chi connectivity index (χ1n) is 24.9. The summed E-state index contributed by atoms with van der Waals surface area (Å²) in [5.74, 6) is 1.07. The molecule has 2 saturated heterocycles. The highest BCUT2D eigenvalue weighted by Gasteiger charge is 2.44. The quantitative estimate of drug-likeness (QED) is 0.0991. The minimum absolute atomic E-state index is 0.151. The van der Waals surface area contributed by atoms with Crippen molar-refractivity contribution in [3.05, 3.63) is 155 Å². The summed E-state index contributed by atoms with van der Waals surface area (Å²) in [6, 6.07) is 36.1. The number of aromatic nitrogens is 4. The average Bonchev–Trinajstić information content (AvgIpc) is 4.29. The van der Waals surface area contributed by atoms with Gasteiger partial charge in [-0.25, -0.2) is 19.6 Å². The Bertz CT molecular complexity index is 3110. The molecule has 4 amide bonds.